The lowest BCUT2D eigenvalue weighted by molar-refractivity contribution is -0.126. The number of benzene rings is 1. The summed E-state index contributed by atoms with van der Waals surface area (Å²) < 4.78 is 0. The quantitative estimate of drug-likeness (QED) is 0.807. The number of hydrogen-bond donors (Lipinski definition) is 0. The monoisotopic (exact) mass is 363 g/mol. The molecule has 128 valence electrons. The molecule has 0 aliphatic carbocycles. The zero-order valence-corrected chi connectivity index (χ0v) is 16.0. The van der Waals surface area contributed by atoms with Gasteiger partial charge in [-0.2, -0.15) is 0 Å². The number of rotatable bonds is 4. The van der Waals surface area contributed by atoms with Gasteiger partial charge in [0.05, 0.1) is 10.4 Å². The van der Waals surface area contributed by atoms with Crippen molar-refractivity contribution in [2.75, 3.05) is 13.1 Å². The number of amides is 1. The molecule has 0 fully saturated rings. The van der Waals surface area contributed by atoms with Gasteiger partial charge in [-0.25, -0.2) is 0 Å². The van der Waals surface area contributed by atoms with Crippen molar-refractivity contribution in [1.82, 2.24) is 9.80 Å². The summed E-state index contributed by atoms with van der Waals surface area (Å²) in [4.78, 5) is 22.5. The van der Waals surface area contributed by atoms with Crippen LogP contribution in [0, 0.1) is 0 Å². The Bertz CT molecular complexity index is 724. The number of carbonyl (C=O) groups is 1. The molecule has 1 amide bonds. The van der Waals surface area contributed by atoms with E-state index >= 15 is 0 Å². The van der Waals surface area contributed by atoms with Crippen molar-refractivity contribution in [1.29, 1.82) is 0 Å². The Kier molecular flexibility index (Phi) is 4.67. The highest BCUT2D eigenvalue weighted by molar-refractivity contribution is 8.18. The van der Waals surface area contributed by atoms with Crippen LogP contribution in [0.5, 0.6) is 0 Å². The summed E-state index contributed by atoms with van der Waals surface area (Å²) in [6.45, 7) is 10.3. The normalized spacial score (nSPS) is 18.7. The van der Waals surface area contributed by atoms with Gasteiger partial charge in [0.1, 0.15) is 0 Å². The van der Waals surface area contributed by atoms with E-state index in [2.05, 4.69) is 18.7 Å². The Morgan fingerprint density at radius 3 is 2.62 bits per heavy atom. The Labute approximate surface area is 152 Å². The number of halogens is 1. The standard InChI is InChI=1S/C18H22ClN3OS/c1-5-21(10-13-6-8-14(19)9-7-13)16(23)15-12(2)22-11-18(3,4)20-17(22)24-15/h6-9H,5,10-11H2,1-4H3. The fourth-order valence-electron chi connectivity index (χ4n) is 2.92. The second-order valence-electron chi connectivity index (χ2n) is 6.76. The van der Waals surface area contributed by atoms with Crippen LogP contribution >= 0.6 is 23.4 Å². The minimum atomic E-state index is -0.0775. The first-order valence-corrected chi connectivity index (χ1v) is 9.30. The van der Waals surface area contributed by atoms with E-state index in [9.17, 15) is 4.79 Å². The highest BCUT2D eigenvalue weighted by Crippen LogP contribution is 2.41. The van der Waals surface area contributed by atoms with Crippen molar-refractivity contribution in [3.8, 4) is 0 Å². The van der Waals surface area contributed by atoms with Gasteiger partial charge in [0, 0.05) is 30.4 Å². The highest BCUT2D eigenvalue weighted by atomic mass is 35.5. The van der Waals surface area contributed by atoms with E-state index in [0.717, 1.165) is 27.9 Å². The van der Waals surface area contributed by atoms with Crippen LogP contribution in [0.2, 0.25) is 5.02 Å². The summed E-state index contributed by atoms with van der Waals surface area (Å²) in [6, 6.07) is 7.65. The van der Waals surface area contributed by atoms with Gasteiger partial charge in [-0.15, -0.1) is 0 Å². The van der Waals surface area contributed by atoms with Crippen molar-refractivity contribution in [2.24, 2.45) is 4.99 Å². The Morgan fingerprint density at radius 2 is 2.04 bits per heavy atom. The predicted octanol–water partition coefficient (Wildman–Crippen LogP) is 4.12. The molecule has 0 radical (unpaired) electrons. The summed E-state index contributed by atoms with van der Waals surface area (Å²) in [6.07, 6.45) is 0. The number of allylic oxidation sites excluding steroid dienone is 1. The van der Waals surface area contributed by atoms with Gasteiger partial charge in [0.2, 0.25) is 0 Å². The number of amidine groups is 1. The summed E-state index contributed by atoms with van der Waals surface area (Å²) in [5.74, 6) is 0.0739. The van der Waals surface area contributed by atoms with Crippen LogP contribution in [0.25, 0.3) is 0 Å². The van der Waals surface area contributed by atoms with E-state index in [1.807, 2.05) is 43.0 Å². The second-order valence-corrected chi connectivity index (χ2v) is 8.17. The topological polar surface area (TPSA) is 35.9 Å². The maximum Gasteiger partial charge on any atom is 0.262 e. The van der Waals surface area contributed by atoms with Crippen molar-refractivity contribution >= 4 is 34.4 Å². The van der Waals surface area contributed by atoms with Crippen molar-refractivity contribution in [3.05, 3.63) is 45.5 Å². The molecule has 0 bridgehead atoms. The number of nitrogens with zero attached hydrogens (tertiary/aromatic N) is 3. The van der Waals surface area contributed by atoms with Gasteiger partial charge in [-0.3, -0.25) is 9.79 Å². The molecule has 2 aliphatic heterocycles. The van der Waals surface area contributed by atoms with E-state index in [1.165, 1.54) is 11.8 Å². The highest BCUT2D eigenvalue weighted by Gasteiger charge is 2.40. The maximum absolute atomic E-state index is 13.0. The van der Waals surface area contributed by atoms with Crippen molar-refractivity contribution < 1.29 is 4.79 Å². The van der Waals surface area contributed by atoms with E-state index in [-0.39, 0.29) is 11.4 Å². The molecule has 2 heterocycles. The molecule has 0 spiro atoms. The zero-order valence-electron chi connectivity index (χ0n) is 14.5. The van der Waals surface area contributed by atoms with Gasteiger partial charge in [0.25, 0.3) is 5.91 Å². The summed E-state index contributed by atoms with van der Waals surface area (Å²) in [7, 11) is 0. The summed E-state index contributed by atoms with van der Waals surface area (Å²) in [5, 5.41) is 1.66. The molecule has 0 saturated carbocycles. The van der Waals surface area contributed by atoms with Crippen LogP contribution in [-0.2, 0) is 11.3 Å². The Morgan fingerprint density at radius 1 is 1.38 bits per heavy atom. The molecule has 0 saturated heterocycles. The van der Waals surface area contributed by atoms with Crippen molar-refractivity contribution in [3.63, 3.8) is 0 Å². The Balaban J connectivity index is 1.77. The summed E-state index contributed by atoms with van der Waals surface area (Å²) in [5.41, 5.74) is 2.02. The Hall–Kier alpha value is -1.46. The number of hydrogen-bond acceptors (Lipinski definition) is 4. The van der Waals surface area contributed by atoms with Gasteiger partial charge >= 0.3 is 0 Å². The van der Waals surface area contributed by atoms with Gasteiger partial charge in [-0.05, 0) is 57.2 Å². The van der Waals surface area contributed by atoms with E-state index in [1.54, 1.807) is 0 Å². The van der Waals surface area contributed by atoms with Gasteiger partial charge in [-0.1, -0.05) is 23.7 Å². The lowest BCUT2D eigenvalue weighted by Crippen LogP contribution is -2.32. The van der Waals surface area contributed by atoms with E-state index in [4.69, 9.17) is 16.6 Å². The molecular weight excluding hydrogens is 342 g/mol. The molecular formula is C18H22ClN3OS. The first-order chi connectivity index (χ1) is 11.3. The molecule has 0 unspecified atom stereocenters. The first-order valence-electron chi connectivity index (χ1n) is 8.10. The van der Waals surface area contributed by atoms with Crippen LogP contribution in [0.4, 0.5) is 0 Å². The number of carbonyl (C=O) groups excluding carboxylic acids is 1. The average molecular weight is 364 g/mol. The molecule has 3 rings (SSSR count). The number of likely N-dealkylation sites (N-methyl/N-ethyl adjacent to an activating group) is 1. The fraction of sp³-hybridized carbons (Fsp3) is 0.444. The minimum absolute atomic E-state index is 0.0739. The van der Waals surface area contributed by atoms with Crippen LogP contribution in [0.3, 0.4) is 0 Å². The molecule has 1 aromatic rings. The zero-order chi connectivity index (χ0) is 17.5. The van der Waals surface area contributed by atoms with Crippen LogP contribution in [-0.4, -0.2) is 39.5 Å². The largest absolute Gasteiger partial charge is 0.334 e. The maximum atomic E-state index is 13.0. The van der Waals surface area contributed by atoms with Crippen molar-refractivity contribution in [2.45, 2.75) is 39.8 Å². The molecule has 24 heavy (non-hydrogen) atoms. The fourth-order valence-corrected chi connectivity index (χ4v) is 4.30. The molecule has 0 atom stereocenters. The van der Waals surface area contributed by atoms with Gasteiger partial charge < -0.3 is 9.80 Å². The SMILES string of the molecule is CCN(Cc1ccc(Cl)cc1)C(=O)C1=C(C)N2CC(C)(C)N=C2S1. The van der Waals surface area contributed by atoms with E-state index < -0.39 is 0 Å². The summed E-state index contributed by atoms with van der Waals surface area (Å²) >= 11 is 7.43. The lowest BCUT2D eigenvalue weighted by atomic mass is 10.1. The van der Waals surface area contributed by atoms with Crippen LogP contribution < -0.4 is 0 Å². The smallest absolute Gasteiger partial charge is 0.262 e. The number of fused-ring (bicyclic) bond motifs is 1. The number of aliphatic imine (C=N–C) groups is 1. The number of thioether (sulfide) groups is 1. The van der Waals surface area contributed by atoms with Gasteiger partial charge in [0.15, 0.2) is 5.17 Å². The van der Waals surface area contributed by atoms with E-state index in [0.29, 0.717) is 18.1 Å². The predicted molar refractivity (Wildman–Crippen MR) is 101 cm³/mol. The molecule has 0 N–H and O–H groups in total. The third-order valence-electron chi connectivity index (χ3n) is 4.25. The average Bonchev–Trinajstić information content (AvgIpc) is 2.99. The minimum Gasteiger partial charge on any atom is -0.334 e. The molecule has 0 aromatic heterocycles. The molecule has 6 heteroatoms. The molecule has 2 aliphatic rings. The molecule has 1 aromatic carbocycles. The third kappa shape index (κ3) is 3.33. The van der Waals surface area contributed by atoms with Crippen LogP contribution in [0.15, 0.2) is 39.9 Å². The third-order valence-corrected chi connectivity index (χ3v) is 5.67. The molecule has 4 nitrogen and oxygen atoms in total. The second kappa shape index (κ2) is 6.45. The lowest BCUT2D eigenvalue weighted by Gasteiger charge is -2.23. The van der Waals surface area contributed by atoms with Crippen LogP contribution in [0.1, 0.15) is 33.3 Å². The first kappa shape index (κ1) is 17.4.